The summed E-state index contributed by atoms with van der Waals surface area (Å²) in [6.45, 7) is 1.43. The molecule has 1 saturated heterocycles. The molecule has 0 aromatic heterocycles. The van der Waals surface area contributed by atoms with Crippen LogP contribution >= 0.6 is 11.6 Å². The van der Waals surface area contributed by atoms with Crippen molar-refractivity contribution in [1.29, 1.82) is 0 Å². The number of halogens is 1. The molecule has 2 N–H and O–H groups in total. The van der Waals surface area contributed by atoms with Crippen LogP contribution in [0.15, 0.2) is 0 Å². The molecule has 8 heteroatoms. The van der Waals surface area contributed by atoms with E-state index in [0.29, 0.717) is 6.42 Å². The molecule has 2 atom stereocenters. The Morgan fingerprint density at radius 1 is 1.44 bits per heavy atom. The quantitative estimate of drug-likeness (QED) is 0.668. The van der Waals surface area contributed by atoms with Crippen molar-refractivity contribution in [1.82, 2.24) is 10.6 Å². The number of amides is 3. The van der Waals surface area contributed by atoms with Gasteiger partial charge in [0.1, 0.15) is 5.38 Å². The smallest absolute Gasteiger partial charge is 0.321 e. The van der Waals surface area contributed by atoms with Gasteiger partial charge in [-0.15, -0.1) is 11.6 Å². The van der Waals surface area contributed by atoms with Crippen LogP contribution in [0, 0.1) is 0 Å². The van der Waals surface area contributed by atoms with Gasteiger partial charge in [-0.2, -0.15) is 0 Å². The van der Waals surface area contributed by atoms with Gasteiger partial charge in [-0.05, 0) is 13.3 Å². The Labute approximate surface area is 98.6 Å². The Morgan fingerprint density at radius 2 is 2.06 bits per heavy atom. The summed E-state index contributed by atoms with van der Waals surface area (Å²) in [5.74, 6) is -0.622. The maximum absolute atomic E-state index is 11.2. The number of carbonyl (C=O) groups excluding carboxylic acids is 2. The maximum atomic E-state index is 11.2. The van der Waals surface area contributed by atoms with E-state index in [1.54, 1.807) is 0 Å². The van der Waals surface area contributed by atoms with Gasteiger partial charge in [0, 0.05) is 6.04 Å². The molecule has 0 bridgehead atoms. The molecule has 1 fully saturated rings. The number of alkyl halides is 1. The first-order valence-electron chi connectivity index (χ1n) is 4.76. The van der Waals surface area contributed by atoms with E-state index in [2.05, 4.69) is 5.32 Å². The summed E-state index contributed by atoms with van der Waals surface area (Å²) >= 11 is 5.45. The molecule has 1 aliphatic rings. The van der Waals surface area contributed by atoms with Gasteiger partial charge >= 0.3 is 6.03 Å². The Hall–Kier alpha value is -0.820. The molecule has 0 aromatic carbocycles. The molecule has 0 radical (unpaired) electrons. The summed E-state index contributed by atoms with van der Waals surface area (Å²) in [4.78, 5) is 22.3. The molecule has 6 nitrogen and oxygen atoms in total. The van der Waals surface area contributed by atoms with Crippen molar-refractivity contribution in [2.75, 3.05) is 11.5 Å². The van der Waals surface area contributed by atoms with Crippen LogP contribution in [-0.2, 0) is 14.6 Å². The minimum atomic E-state index is -3.04. The first-order valence-corrected chi connectivity index (χ1v) is 7.02. The number of nitrogens with one attached hydrogen (secondary N) is 2. The Kier molecular flexibility index (Phi) is 4.15. The summed E-state index contributed by atoms with van der Waals surface area (Å²) < 4.78 is 22.2. The van der Waals surface area contributed by atoms with Crippen LogP contribution in [0.3, 0.4) is 0 Å². The fraction of sp³-hybridized carbons (Fsp3) is 0.750. The number of carbonyl (C=O) groups is 2. The summed E-state index contributed by atoms with van der Waals surface area (Å²) in [6, 6.07) is -1.14. The van der Waals surface area contributed by atoms with Crippen LogP contribution in [0.2, 0.25) is 0 Å². The lowest BCUT2D eigenvalue weighted by Gasteiger charge is -2.11. The number of sulfone groups is 1. The van der Waals surface area contributed by atoms with E-state index in [4.69, 9.17) is 11.6 Å². The molecular weight excluding hydrogens is 256 g/mol. The maximum Gasteiger partial charge on any atom is 0.321 e. The minimum absolute atomic E-state index is 0.0673. The highest BCUT2D eigenvalue weighted by molar-refractivity contribution is 7.91. The molecule has 0 aliphatic carbocycles. The van der Waals surface area contributed by atoms with Gasteiger partial charge in [0.05, 0.1) is 11.5 Å². The zero-order chi connectivity index (χ0) is 12.3. The van der Waals surface area contributed by atoms with Crippen LogP contribution in [0.5, 0.6) is 0 Å². The normalized spacial score (nSPS) is 24.8. The molecule has 1 aliphatic heterocycles. The lowest BCUT2D eigenvalue weighted by Crippen LogP contribution is -2.46. The number of hydrogen-bond donors (Lipinski definition) is 2. The average molecular weight is 269 g/mol. The van der Waals surface area contributed by atoms with Crippen molar-refractivity contribution in [3.8, 4) is 0 Å². The molecular formula is C8H13ClN2O4S. The van der Waals surface area contributed by atoms with E-state index in [-0.39, 0.29) is 11.5 Å². The molecule has 0 aromatic rings. The van der Waals surface area contributed by atoms with E-state index >= 15 is 0 Å². The minimum Gasteiger partial charge on any atom is -0.334 e. The van der Waals surface area contributed by atoms with E-state index < -0.39 is 33.2 Å². The van der Waals surface area contributed by atoms with Crippen LogP contribution < -0.4 is 10.6 Å². The lowest BCUT2D eigenvalue weighted by atomic mass is 10.3. The predicted octanol–water partition coefficient (Wildman–Crippen LogP) is -0.373. The fourth-order valence-corrected chi connectivity index (χ4v) is 3.07. The lowest BCUT2D eigenvalue weighted by molar-refractivity contribution is -0.119. The van der Waals surface area contributed by atoms with Crippen molar-refractivity contribution in [2.45, 2.75) is 24.8 Å². The molecule has 0 saturated carbocycles. The van der Waals surface area contributed by atoms with Crippen LogP contribution in [-0.4, -0.2) is 43.3 Å². The third kappa shape index (κ3) is 3.97. The predicted molar refractivity (Wildman–Crippen MR) is 59.0 cm³/mol. The molecule has 1 rings (SSSR count). The van der Waals surface area contributed by atoms with Gasteiger partial charge < -0.3 is 5.32 Å². The summed E-state index contributed by atoms with van der Waals surface area (Å²) in [5, 5.41) is 3.62. The third-order valence-corrected chi connectivity index (χ3v) is 4.13. The molecule has 16 heavy (non-hydrogen) atoms. The van der Waals surface area contributed by atoms with Crippen LogP contribution in [0.4, 0.5) is 4.79 Å². The van der Waals surface area contributed by atoms with E-state index in [0.717, 1.165) is 0 Å². The highest BCUT2D eigenvalue weighted by atomic mass is 35.5. The van der Waals surface area contributed by atoms with Gasteiger partial charge in [-0.3, -0.25) is 10.1 Å². The van der Waals surface area contributed by atoms with E-state index in [1.807, 2.05) is 5.32 Å². The number of hydrogen-bond acceptors (Lipinski definition) is 4. The van der Waals surface area contributed by atoms with Crippen molar-refractivity contribution in [3.05, 3.63) is 0 Å². The highest BCUT2D eigenvalue weighted by Crippen LogP contribution is 2.10. The zero-order valence-electron chi connectivity index (χ0n) is 8.70. The zero-order valence-corrected chi connectivity index (χ0v) is 10.3. The van der Waals surface area contributed by atoms with E-state index in [9.17, 15) is 18.0 Å². The summed E-state index contributed by atoms with van der Waals surface area (Å²) in [6.07, 6.45) is 0.375. The Morgan fingerprint density at radius 3 is 2.50 bits per heavy atom. The van der Waals surface area contributed by atoms with Gasteiger partial charge in [0.25, 0.3) is 0 Å². The SMILES string of the molecule is CC(Cl)C(=O)NC(=O)NC1CCS(=O)(=O)C1. The fourth-order valence-electron chi connectivity index (χ4n) is 1.34. The summed E-state index contributed by atoms with van der Waals surface area (Å²) in [7, 11) is -3.04. The first kappa shape index (κ1) is 13.2. The largest absolute Gasteiger partial charge is 0.334 e. The third-order valence-electron chi connectivity index (χ3n) is 2.17. The van der Waals surface area contributed by atoms with Crippen molar-refractivity contribution in [3.63, 3.8) is 0 Å². The molecule has 1 heterocycles. The molecule has 92 valence electrons. The van der Waals surface area contributed by atoms with Gasteiger partial charge in [-0.1, -0.05) is 0 Å². The molecule has 2 unspecified atom stereocenters. The van der Waals surface area contributed by atoms with Gasteiger partial charge in [0.2, 0.25) is 5.91 Å². The van der Waals surface area contributed by atoms with Crippen molar-refractivity contribution >= 4 is 33.4 Å². The van der Waals surface area contributed by atoms with Gasteiger partial charge in [0.15, 0.2) is 9.84 Å². The molecule has 3 amide bonds. The average Bonchev–Trinajstić information content (AvgIpc) is 2.44. The van der Waals surface area contributed by atoms with Crippen molar-refractivity contribution in [2.24, 2.45) is 0 Å². The number of rotatable bonds is 2. The Balaban J connectivity index is 2.39. The van der Waals surface area contributed by atoms with Crippen LogP contribution in [0.1, 0.15) is 13.3 Å². The van der Waals surface area contributed by atoms with E-state index in [1.165, 1.54) is 6.92 Å². The molecule has 0 spiro atoms. The number of imide groups is 1. The monoisotopic (exact) mass is 268 g/mol. The second kappa shape index (κ2) is 5.01. The van der Waals surface area contributed by atoms with Crippen molar-refractivity contribution < 1.29 is 18.0 Å². The first-order chi connectivity index (χ1) is 7.30. The van der Waals surface area contributed by atoms with Crippen LogP contribution in [0.25, 0.3) is 0 Å². The summed E-state index contributed by atoms with van der Waals surface area (Å²) in [5.41, 5.74) is 0. The van der Waals surface area contributed by atoms with Gasteiger partial charge in [-0.25, -0.2) is 13.2 Å². The second-order valence-corrected chi connectivity index (χ2v) is 6.56. The number of urea groups is 1. The standard InChI is InChI=1S/C8H13ClN2O4S/c1-5(9)7(12)11-8(13)10-6-2-3-16(14,15)4-6/h5-6H,2-4H2,1H3,(H2,10,11,12,13). The second-order valence-electron chi connectivity index (χ2n) is 3.68. The Bertz CT molecular complexity index is 393. The highest BCUT2D eigenvalue weighted by Gasteiger charge is 2.29. The topological polar surface area (TPSA) is 92.3 Å².